The van der Waals surface area contributed by atoms with E-state index in [2.05, 4.69) is 4.98 Å². The summed E-state index contributed by atoms with van der Waals surface area (Å²) in [6.45, 7) is 1.80. The summed E-state index contributed by atoms with van der Waals surface area (Å²) in [7, 11) is -1.48. The third-order valence-corrected chi connectivity index (χ3v) is 6.26. The highest BCUT2D eigenvalue weighted by Gasteiger charge is 2.23. The van der Waals surface area contributed by atoms with Crippen LogP contribution in [0.5, 0.6) is 0 Å². The van der Waals surface area contributed by atoms with E-state index in [0.717, 1.165) is 0 Å². The Bertz CT molecular complexity index is 926. The Morgan fingerprint density at radius 2 is 2.04 bits per heavy atom. The van der Waals surface area contributed by atoms with Gasteiger partial charge in [-0.15, -0.1) is 0 Å². The van der Waals surface area contributed by atoms with Crippen molar-refractivity contribution in [2.75, 3.05) is 13.3 Å². The molecule has 3 rings (SSSR count). The van der Waals surface area contributed by atoms with Crippen molar-refractivity contribution in [2.45, 2.75) is 6.92 Å². The highest BCUT2D eigenvalue weighted by molar-refractivity contribution is 7.66. The van der Waals surface area contributed by atoms with Crippen LogP contribution in [0.15, 0.2) is 52.9 Å². The molecule has 6 heteroatoms. The molecule has 3 aromatic rings. The molecule has 0 bridgehead atoms. The van der Waals surface area contributed by atoms with Crippen molar-refractivity contribution < 1.29 is 17.9 Å². The van der Waals surface area contributed by atoms with Gasteiger partial charge in [-0.1, -0.05) is 37.3 Å². The molecule has 0 saturated heterocycles. The van der Waals surface area contributed by atoms with Crippen molar-refractivity contribution in [3.8, 4) is 0 Å². The Balaban J connectivity index is 2.00. The van der Waals surface area contributed by atoms with E-state index in [1.54, 1.807) is 37.3 Å². The van der Waals surface area contributed by atoms with Gasteiger partial charge in [-0.2, -0.15) is 0 Å². The van der Waals surface area contributed by atoms with Crippen molar-refractivity contribution in [1.29, 1.82) is 0 Å². The lowest BCUT2D eigenvalue weighted by Crippen LogP contribution is -2.07. The van der Waals surface area contributed by atoms with Crippen molar-refractivity contribution in [3.05, 3.63) is 60.0 Å². The fourth-order valence-corrected chi connectivity index (χ4v) is 3.86. The number of nitrogens with zero attached hydrogens (tertiary/aromatic N) is 1. The van der Waals surface area contributed by atoms with Gasteiger partial charge >= 0.3 is 0 Å². The largest absolute Gasteiger partial charge is 0.434 e. The van der Waals surface area contributed by atoms with E-state index in [1.807, 2.05) is 18.2 Å². The summed E-state index contributed by atoms with van der Waals surface area (Å²) >= 11 is 0. The fraction of sp³-hybridized carbons (Fsp3) is 0.167. The summed E-state index contributed by atoms with van der Waals surface area (Å²) in [6.07, 6.45) is 1.74. The molecule has 1 aromatic heterocycles. The summed E-state index contributed by atoms with van der Waals surface area (Å²) in [5, 5.41) is 0.548. The predicted octanol–water partition coefficient (Wildman–Crippen LogP) is 4.87. The first kappa shape index (κ1) is 16.6. The number of fused-ring (bicyclic) bond motifs is 1. The Morgan fingerprint density at radius 1 is 1.29 bits per heavy atom. The Morgan fingerprint density at radius 3 is 2.71 bits per heavy atom. The maximum absolute atomic E-state index is 14.4. The van der Waals surface area contributed by atoms with Crippen LogP contribution in [0.1, 0.15) is 18.4 Å². The maximum Gasteiger partial charge on any atom is 0.256 e. The Kier molecular flexibility index (Phi) is 4.65. The first-order valence-corrected chi connectivity index (χ1v) is 9.35. The van der Waals surface area contributed by atoms with E-state index in [9.17, 15) is 8.96 Å². The normalized spacial score (nSPS) is 14.7. The highest BCUT2D eigenvalue weighted by atomic mass is 31.2. The lowest BCUT2D eigenvalue weighted by molar-refractivity contribution is 0.404. The third kappa shape index (κ3) is 3.18. The van der Waals surface area contributed by atoms with E-state index in [4.69, 9.17) is 8.94 Å². The molecule has 0 spiro atoms. The van der Waals surface area contributed by atoms with Gasteiger partial charge in [0.15, 0.2) is 11.4 Å². The van der Waals surface area contributed by atoms with Crippen LogP contribution in [0.4, 0.5) is 4.39 Å². The van der Waals surface area contributed by atoms with Gasteiger partial charge in [0.2, 0.25) is 7.37 Å². The molecule has 0 aliphatic rings. The van der Waals surface area contributed by atoms with Crippen LogP contribution in [0.2, 0.25) is 0 Å². The van der Waals surface area contributed by atoms with Crippen molar-refractivity contribution >= 4 is 35.7 Å². The zero-order chi connectivity index (χ0) is 17.2. The molecule has 0 radical (unpaired) electrons. The third-order valence-electron chi connectivity index (χ3n) is 3.77. The van der Waals surface area contributed by atoms with Gasteiger partial charge in [-0.25, -0.2) is 9.37 Å². The quantitative estimate of drug-likeness (QED) is 0.619. The molecule has 0 saturated carbocycles. The average molecular weight is 345 g/mol. The summed E-state index contributed by atoms with van der Waals surface area (Å²) in [4.78, 5) is 4.16. The molecular weight excluding hydrogens is 328 g/mol. The molecule has 0 N–H and O–H groups in total. The minimum atomic E-state index is -2.90. The van der Waals surface area contributed by atoms with Crippen LogP contribution in [0.3, 0.4) is 0 Å². The van der Waals surface area contributed by atoms with Crippen molar-refractivity contribution in [3.63, 3.8) is 0 Å². The Hall–Kier alpha value is -2.23. The molecule has 4 nitrogen and oxygen atoms in total. The molecule has 2 aromatic carbocycles. The first-order valence-electron chi connectivity index (χ1n) is 7.54. The van der Waals surface area contributed by atoms with Crippen molar-refractivity contribution in [1.82, 2.24) is 4.98 Å². The van der Waals surface area contributed by atoms with E-state index in [0.29, 0.717) is 28.1 Å². The smallest absolute Gasteiger partial charge is 0.256 e. The molecular formula is C18H17FNO3P. The summed E-state index contributed by atoms with van der Waals surface area (Å²) < 4.78 is 37.6. The molecule has 0 aliphatic heterocycles. The molecule has 124 valence electrons. The number of hydrogen-bond donors (Lipinski definition) is 0. The van der Waals surface area contributed by atoms with Gasteiger partial charge in [0.1, 0.15) is 5.52 Å². The molecule has 1 heterocycles. The number of oxazole rings is 1. The number of halogens is 1. The summed E-state index contributed by atoms with van der Waals surface area (Å²) in [5.74, 6) is -0.667. The molecule has 1 atom stereocenters. The number of rotatable bonds is 5. The van der Waals surface area contributed by atoms with Crippen LogP contribution in [0, 0.1) is 0 Å². The minimum absolute atomic E-state index is 0.102. The molecule has 0 aliphatic carbocycles. The van der Waals surface area contributed by atoms with E-state index in [1.165, 1.54) is 13.2 Å². The van der Waals surface area contributed by atoms with Gasteiger partial charge < -0.3 is 8.94 Å². The number of hydrogen-bond acceptors (Lipinski definition) is 4. The van der Waals surface area contributed by atoms with Crippen LogP contribution in [-0.2, 0) is 9.09 Å². The van der Waals surface area contributed by atoms with Crippen LogP contribution in [0.25, 0.3) is 23.0 Å². The van der Waals surface area contributed by atoms with Gasteiger partial charge in [0.25, 0.3) is 5.89 Å². The predicted molar refractivity (Wildman–Crippen MR) is 94.2 cm³/mol. The Labute approximate surface area is 139 Å². The van der Waals surface area contributed by atoms with Crippen LogP contribution >= 0.6 is 7.37 Å². The topological polar surface area (TPSA) is 52.3 Å². The number of aromatic nitrogens is 1. The first-order chi connectivity index (χ1) is 11.6. The standard InChI is InChI=1S/C18H17FNO3P/c1-3-24(21,22-2)14-9-10-17-16(12-14)20-18(23-17)15(19)11-13-7-5-4-6-8-13/h4-12H,3H2,1-2H3. The van der Waals surface area contributed by atoms with E-state index < -0.39 is 13.2 Å². The number of benzene rings is 2. The monoisotopic (exact) mass is 345 g/mol. The molecule has 0 amide bonds. The lowest BCUT2D eigenvalue weighted by Gasteiger charge is -2.13. The zero-order valence-electron chi connectivity index (χ0n) is 13.4. The van der Waals surface area contributed by atoms with Crippen LogP contribution < -0.4 is 5.30 Å². The zero-order valence-corrected chi connectivity index (χ0v) is 14.3. The SMILES string of the molecule is CCP(=O)(OC)c1ccc2oc(C(F)=Cc3ccccc3)nc2c1. The van der Waals surface area contributed by atoms with Crippen LogP contribution in [-0.4, -0.2) is 18.3 Å². The van der Waals surface area contributed by atoms with E-state index >= 15 is 0 Å². The van der Waals surface area contributed by atoms with E-state index in [-0.39, 0.29) is 5.89 Å². The van der Waals surface area contributed by atoms with Gasteiger partial charge in [0, 0.05) is 18.6 Å². The van der Waals surface area contributed by atoms with Gasteiger partial charge in [-0.3, -0.25) is 4.57 Å². The summed E-state index contributed by atoms with van der Waals surface area (Å²) in [6, 6.07) is 14.0. The second-order valence-corrected chi connectivity index (χ2v) is 8.11. The second-order valence-electron chi connectivity index (χ2n) is 5.25. The molecule has 0 fully saturated rings. The molecule has 1 unspecified atom stereocenters. The van der Waals surface area contributed by atoms with Crippen molar-refractivity contribution in [2.24, 2.45) is 0 Å². The average Bonchev–Trinajstić information content (AvgIpc) is 3.05. The fourth-order valence-electron chi connectivity index (χ4n) is 2.40. The van der Waals surface area contributed by atoms with Gasteiger partial charge in [-0.05, 0) is 29.8 Å². The van der Waals surface area contributed by atoms with Gasteiger partial charge in [0.05, 0.1) is 0 Å². The summed E-state index contributed by atoms with van der Waals surface area (Å²) in [5.41, 5.74) is 1.60. The molecule has 24 heavy (non-hydrogen) atoms. The minimum Gasteiger partial charge on any atom is -0.434 e. The maximum atomic E-state index is 14.4. The lowest BCUT2D eigenvalue weighted by atomic mass is 10.2. The second kappa shape index (κ2) is 6.71. The highest BCUT2D eigenvalue weighted by Crippen LogP contribution is 2.44.